The highest BCUT2D eigenvalue weighted by atomic mass is 35.5. The molecule has 0 radical (unpaired) electrons. The van der Waals surface area contributed by atoms with Crippen LogP contribution in [0, 0.1) is 5.41 Å². The van der Waals surface area contributed by atoms with E-state index in [1.807, 2.05) is 11.8 Å². The van der Waals surface area contributed by atoms with E-state index in [1.54, 1.807) is 0 Å². The first-order valence-corrected chi connectivity index (χ1v) is 6.04. The summed E-state index contributed by atoms with van der Waals surface area (Å²) in [5.74, 6) is 2.92. The smallest absolute Gasteiger partial charge is 0.0314 e. The molecule has 0 nitrogen and oxygen atoms in total. The Balaban J connectivity index is 3.26. The number of halogens is 1. The first kappa shape index (κ1) is 12.4. The fraction of sp³-hybridized carbons (Fsp3) is 0.800. The summed E-state index contributed by atoms with van der Waals surface area (Å²) in [5.41, 5.74) is 0.424. The van der Waals surface area contributed by atoms with E-state index in [0.29, 0.717) is 5.41 Å². The lowest BCUT2D eigenvalue weighted by molar-refractivity contribution is 0.420. The Bertz CT molecular complexity index is 124. The predicted molar refractivity (Wildman–Crippen MR) is 61.3 cm³/mol. The minimum absolute atomic E-state index is 0.424. The second-order valence-corrected chi connectivity index (χ2v) is 5.53. The van der Waals surface area contributed by atoms with Gasteiger partial charge in [-0.25, -0.2) is 0 Å². The van der Waals surface area contributed by atoms with Crippen LogP contribution in [0.3, 0.4) is 0 Å². The highest BCUT2D eigenvalue weighted by Gasteiger charge is 2.05. The second kappa shape index (κ2) is 6.85. The van der Waals surface area contributed by atoms with Gasteiger partial charge in [0.15, 0.2) is 0 Å². The van der Waals surface area contributed by atoms with Crippen molar-refractivity contribution in [1.29, 1.82) is 0 Å². The van der Waals surface area contributed by atoms with Crippen molar-refractivity contribution < 1.29 is 0 Å². The van der Waals surface area contributed by atoms with Gasteiger partial charge in [-0.3, -0.25) is 0 Å². The van der Waals surface area contributed by atoms with Crippen LogP contribution in [0.25, 0.3) is 0 Å². The van der Waals surface area contributed by atoms with E-state index in [1.165, 1.54) is 0 Å². The maximum atomic E-state index is 5.54. The minimum atomic E-state index is 0.424. The molecule has 0 unspecified atom stereocenters. The molecule has 0 aliphatic carbocycles. The molecule has 0 bridgehead atoms. The van der Waals surface area contributed by atoms with Gasteiger partial charge < -0.3 is 0 Å². The van der Waals surface area contributed by atoms with E-state index in [2.05, 4.69) is 32.9 Å². The molecule has 0 amide bonds. The fourth-order valence-electron chi connectivity index (χ4n) is 0.711. The zero-order chi connectivity index (χ0) is 9.45. The molecule has 0 N–H and O–H groups in total. The minimum Gasteiger partial charge on any atom is -0.157 e. The maximum Gasteiger partial charge on any atom is 0.0314 e. The van der Waals surface area contributed by atoms with Crippen molar-refractivity contribution in [3.63, 3.8) is 0 Å². The topological polar surface area (TPSA) is 0 Å². The van der Waals surface area contributed by atoms with Gasteiger partial charge in [0.1, 0.15) is 0 Å². The normalized spacial score (nSPS) is 12.7. The molecule has 0 aromatic heterocycles. The van der Waals surface area contributed by atoms with E-state index in [9.17, 15) is 0 Å². The molecular weight excluding hydrogens is 188 g/mol. The summed E-state index contributed by atoms with van der Waals surface area (Å²) in [6, 6.07) is 0. The molecule has 0 aliphatic rings. The van der Waals surface area contributed by atoms with E-state index in [-0.39, 0.29) is 0 Å². The molecule has 0 atom stereocenters. The first-order chi connectivity index (χ1) is 5.56. The van der Waals surface area contributed by atoms with Gasteiger partial charge in [0, 0.05) is 17.4 Å². The Hall–Kier alpha value is 0.380. The summed E-state index contributed by atoms with van der Waals surface area (Å²) in [5, 5.41) is 0. The third kappa shape index (κ3) is 10.4. The van der Waals surface area contributed by atoms with Crippen molar-refractivity contribution in [2.24, 2.45) is 5.41 Å². The largest absolute Gasteiger partial charge is 0.157 e. The van der Waals surface area contributed by atoms with Crippen LogP contribution in [0.4, 0.5) is 0 Å². The average molecular weight is 207 g/mol. The average Bonchev–Trinajstić information content (AvgIpc) is 1.94. The zero-order valence-corrected chi connectivity index (χ0v) is 9.84. The van der Waals surface area contributed by atoms with E-state index >= 15 is 0 Å². The van der Waals surface area contributed by atoms with Gasteiger partial charge in [0.05, 0.1) is 0 Å². The van der Waals surface area contributed by atoms with Gasteiger partial charge >= 0.3 is 0 Å². The van der Waals surface area contributed by atoms with Gasteiger partial charge in [-0.15, -0.1) is 11.6 Å². The molecule has 72 valence electrons. The molecule has 0 saturated carbocycles. The Labute approximate surface area is 85.8 Å². The second-order valence-electron chi connectivity index (χ2n) is 4.00. The summed E-state index contributed by atoms with van der Waals surface area (Å²) in [7, 11) is 0. The Morgan fingerprint density at radius 2 is 1.92 bits per heavy atom. The lowest BCUT2D eigenvalue weighted by Crippen LogP contribution is -2.01. The van der Waals surface area contributed by atoms with Crippen LogP contribution in [0.5, 0.6) is 0 Å². The molecule has 0 aliphatic heterocycles. The van der Waals surface area contributed by atoms with Crippen LogP contribution in [0.1, 0.15) is 27.2 Å². The molecule has 0 aromatic rings. The maximum absolute atomic E-state index is 5.54. The van der Waals surface area contributed by atoms with E-state index in [0.717, 1.165) is 23.8 Å². The highest BCUT2D eigenvalue weighted by molar-refractivity contribution is 7.99. The van der Waals surface area contributed by atoms with Gasteiger partial charge in [-0.05, 0) is 11.8 Å². The van der Waals surface area contributed by atoms with E-state index in [4.69, 9.17) is 11.6 Å². The number of hydrogen-bond acceptors (Lipinski definition) is 1. The first-order valence-electron chi connectivity index (χ1n) is 4.35. The number of rotatable bonds is 5. The van der Waals surface area contributed by atoms with Crippen LogP contribution in [-0.4, -0.2) is 17.4 Å². The van der Waals surface area contributed by atoms with Crippen molar-refractivity contribution >= 4 is 23.4 Å². The number of hydrogen-bond donors (Lipinski definition) is 0. The SMILES string of the molecule is CC(C)(C)C/C=C\CSCCCl. The summed E-state index contributed by atoms with van der Waals surface area (Å²) in [6.45, 7) is 6.76. The van der Waals surface area contributed by atoms with Crippen LogP contribution >= 0.6 is 23.4 Å². The molecule has 12 heavy (non-hydrogen) atoms. The number of alkyl halides is 1. The molecule has 2 heteroatoms. The van der Waals surface area contributed by atoms with Crippen molar-refractivity contribution in [2.75, 3.05) is 17.4 Å². The van der Waals surface area contributed by atoms with Crippen LogP contribution in [0.15, 0.2) is 12.2 Å². The van der Waals surface area contributed by atoms with Crippen molar-refractivity contribution in [1.82, 2.24) is 0 Å². The standard InChI is InChI=1S/C10H19ClS/c1-10(2,3)6-4-5-8-12-9-7-11/h4-5H,6-9H2,1-3H3/b5-4-. The van der Waals surface area contributed by atoms with E-state index < -0.39 is 0 Å². The fourth-order valence-corrected chi connectivity index (χ4v) is 1.59. The van der Waals surface area contributed by atoms with Crippen LogP contribution in [0.2, 0.25) is 0 Å². The molecule has 0 fully saturated rings. The van der Waals surface area contributed by atoms with Crippen LogP contribution in [-0.2, 0) is 0 Å². The summed E-state index contributed by atoms with van der Waals surface area (Å²) < 4.78 is 0. The Morgan fingerprint density at radius 3 is 2.42 bits per heavy atom. The molecular formula is C10H19ClS. The van der Waals surface area contributed by atoms with Crippen molar-refractivity contribution in [2.45, 2.75) is 27.2 Å². The molecule has 0 spiro atoms. The van der Waals surface area contributed by atoms with Crippen LogP contribution < -0.4 is 0 Å². The lowest BCUT2D eigenvalue weighted by atomic mass is 9.92. The Kier molecular flexibility index (Phi) is 7.07. The van der Waals surface area contributed by atoms with Crippen molar-refractivity contribution in [3.8, 4) is 0 Å². The highest BCUT2D eigenvalue weighted by Crippen LogP contribution is 2.18. The molecule has 0 aromatic carbocycles. The molecule has 0 rings (SSSR count). The third-order valence-corrected chi connectivity index (χ3v) is 2.67. The lowest BCUT2D eigenvalue weighted by Gasteiger charge is -2.14. The number of allylic oxidation sites excluding steroid dienone is 1. The molecule has 0 saturated heterocycles. The summed E-state index contributed by atoms with van der Waals surface area (Å²) in [6.07, 6.45) is 5.66. The van der Waals surface area contributed by atoms with Crippen molar-refractivity contribution in [3.05, 3.63) is 12.2 Å². The Morgan fingerprint density at radius 1 is 1.25 bits per heavy atom. The van der Waals surface area contributed by atoms with Gasteiger partial charge in [-0.1, -0.05) is 32.9 Å². The van der Waals surface area contributed by atoms with Gasteiger partial charge in [-0.2, -0.15) is 11.8 Å². The quantitative estimate of drug-likeness (QED) is 0.373. The zero-order valence-electron chi connectivity index (χ0n) is 8.27. The summed E-state index contributed by atoms with van der Waals surface area (Å²) >= 11 is 7.43. The summed E-state index contributed by atoms with van der Waals surface area (Å²) in [4.78, 5) is 0. The third-order valence-electron chi connectivity index (χ3n) is 1.33. The van der Waals surface area contributed by atoms with Gasteiger partial charge in [0.25, 0.3) is 0 Å². The predicted octanol–water partition coefficient (Wildman–Crippen LogP) is 3.95. The molecule has 0 heterocycles. The number of thioether (sulfide) groups is 1. The monoisotopic (exact) mass is 206 g/mol. The van der Waals surface area contributed by atoms with Gasteiger partial charge in [0.2, 0.25) is 0 Å².